The highest BCUT2D eigenvalue weighted by molar-refractivity contribution is 7.26. The molecule has 0 bridgehead atoms. The minimum absolute atomic E-state index is 0.997. The van der Waals surface area contributed by atoms with Gasteiger partial charge in [-0.2, -0.15) is 0 Å². The Morgan fingerprint density at radius 3 is 2.82 bits per heavy atom. The van der Waals surface area contributed by atoms with E-state index in [1.807, 2.05) is 11.3 Å². The Bertz CT molecular complexity index is 851. The molecule has 0 unspecified atom stereocenters. The standard InChI is InChI=1S/C15H10OS/c1-9-6-7-10-12(8-9)16-14-11-4-2-3-5-13(11)17-15(10)14/h2-8H,1H3. The Labute approximate surface area is 102 Å². The second-order valence-electron chi connectivity index (χ2n) is 4.36. The van der Waals surface area contributed by atoms with Gasteiger partial charge >= 0.3 is 0 Å². The molecule has 0 spiro atoms. The average Bonchev–Trinajstić information content (AvgIpc) is 2.84. The van der Waals surface area contributed by atoms with E-state index in [2.05, 4.69) is 49.4 Å². The SMILES string of the molecule is Cc1ccc2c(c1)oc1c3ccccc3sc21. The van der Waals surface area contributed by atoms with Crippen LogP contribution in [0.5, 0.6) is 0 Å². The van der Waals surface area contributed by atoms with Gasteiger partial charge in [-0.1, -0.05) is 18.2 Å². The summed E-state index contributed by atoms with van der Waals surface area (Å²) in [7, 11) is 0. The summed E-state index contributed by atoms with van der Waals surface area (Å²) in [5.74, 6) is 0. The van der Waals surface area contributed by atoms with E-state index in [4.69, 9.17) is 4.42 Å². The van der Waals surface area contributed by atoms with E-state index >= 15 is 0 Å². The van der Waals surface area contributed by atoms with Crippen molar-refractivity contribution < 1.29 is 4.42 Å². The highest BCUT2D eigenvalue weighted by Gasteiger charge is 2.12. The Kier molecular flexibility index (Phi) is 1.69. The number of hydrogen-bond donors (Lipinski definition) is 0. The van der Waals surface area contributed by atoms with Gasteiger partial charge in [-0.05, 0) is 36.8 Å². The Hall–Kier alpha value is -1.80. The third kappa shape index (κ3) is 1.19. The van der Waals surface area contributed by atoms with Gasteiger partial charge in [0, 0.05) is 15.5 Å². The molecule has 82 valence electrons. The lowest BCUT2D eigenvalue weighted by molar-refractivity contribution is 0.673. The van der Waals surface area contributed by atoms with Gasteiger partial charge in [0.15, 0.2) is 5.58 Å². The predicted octanol–water partition coefficient (Wildman–Crippen LogP) is 5.11. The molecule has 2 heterocycles. The van der Waals surface area contributed by atoms with E-state index in [0.717, 1.165) is 11.2 Å². The smallest absolute Gasteiger partial charge is 0.154 e. The zero-order chi connectivity index (χ0) is 11.4. The van der Waals surface area contributed by atoms with Crippen LogP contribution in [0.15, 0.2) is 46.9 Å². The van der Waals surface area contributed by atoms with Crippen molar-refractivity contribution in [3.63, 3.8) is 0 Å². The van der Waals surface area contributed by atoms with Crippen molar-refractivity contribution in [2.45, 2.75) is 6.92 Å². The summed E-state index contributed by atoms with van der Waals surface area (Å²) >= 11 is 1.81. The molecule has 4 aromatic rings. The molecule has 0 saturated carbocycles. The number of fused-ring (bicyclic) bond motifs is 5. The molecule has 0 aliphatic rings. The zero-order valence-electron chi connectivity index (χ0n) is 9.36. The first kappa shape index (κ1) is 9.25. The Morgan fingerprint density at radius 1 is 1.00 bits per heavy atom. The fraction of sp³-hybridized carbons (Fsp3) is 0.0667. The van der Waals surface area contributed by atoms with Crippen molar-refractivity contribution >= 4 is 42.7 Å². The molecule has 2 heteroatoms. The van der Waals surface area contributed by atoms with Crippen molar-refractivity contribution in [3.8, 4) is 0 Å². The monoisotopic (exact) mass is 238 g/mol. The van der Waals surface area contributed by atoms with E-state index in [9.17, 15) is 0 Å². The molecule has 0 N–H and O–H groups in total. The van der Waals surface area contributed by atoms with Crippen LogP contribution in [0.3, 0.4) is 0 Å². The van der Waals surface area contributed by atoms with Gasteiger partial charge in [0.25, 0.3) is 0 Å². The van der Waals surface area contributed by atoms with Gasteiger partial charge in [-0.15, -0.1) is 11.3 Å². The largest absolute Gasteiger partial charge is 0.454 e. The summed E-state index contributed by atoms with van der Waals surface area (Å²) < 4.78 is 8.56. The van der Waals surface area contributed by atoms with Crippen LogP contribution < -0.4 is 0 Å². The topological polar surface area (TPSA) is 13.1 Å². The average molecular weight is 238 g/mol. The molecule has 0 saturated heterocycles. The van der Waals surface area contributed by atoms with Gasteiger partial charge in [0.05, 0.1) is 4.70 Å². The van der Waals surface area contributed by atoms with Crippen LogP contribution in [0.2, 0.25) is 0 Å². The van der Waals surface area contributed by atoms with Crippen LogP contribution in [0, 0.1) is 6.92 Å². The van der Waals surface area contributed by atoms with Crippen molar-refractivity contribution in [2.24, 2.45) is 0 Å². The highest BCUT2D eigenvalue weighted by atomic mass is 32.1. The van der Waals surface area contributed by atoms with Crippen LogP contribution in [0.25, 0.3) is 31.3 Å². The first-order chi connectivity index (χ1) is 8.33. The lowest BCUT2D eigenvalue weighted by Crippen LogP contribution is -1.68. The Morgan fingerprint density at radius 2 is 1.88 bits per heavy atom. The fourth-order valence-electron chi connectivity index (χ4n) is 2.31. The summed E-state index contributed by atoms with van der Waals surface area (Å²) in [6, 6.07) is 14.8. The summed E-state index contributed by atoms with van der Waals surface area (Å²) in [5.41, 5.74) is 3.27. The number of hydrogen-bond acceptors (Lipinski definition) is 2. The van der Waals surface area contributed by atoms with E-state index in [-0.39, 0.29) is 0 Å². The molecule has 2 aromatic carbocycles. The number of aryl methyl sites for hydroxylation is 1. The second kappa shape index (κ2) is 3.11. The molecule has 1 nitrogen and oxygen atoms in total. The summed E-state index contributed by atoms with van der Waals surface area (Å²) in [5, 5.41) is 2.45. The number of thiophene rings is 1. The van der Waals surface area contributed by atoms with Crippen molar-refractivity contribution in [1.82, 2.24) is 0 Å². The number of benzene rings is 2. The molecule has 0 atom stereocenters. The maximum atomic E-state index is 6.00. The molecule has 2 aromatic heterocycles. The molecule has 4 rings (SSSR count). The Balaban J connectivity index is 2.29. The second-order valence-corrected chi connectivity index (χ2v) is 5.41. The third-order valence-corrected chi connectivity index (χ3v) is 4.33. The van der Waals surface area contributed by atoms with Gasteiger partial charge in [0.1, 0.15) is 5.58 Å². The molecular formula is C15H10OS. The van der Waals surface area contributed by atoms with Crippen LogP contribution in [0.4, 0.5) is 0 Å². The van der Waals surface area contributed by atoms with Gasteiger partial charge < -0.3 is 4.42 Å². The minimum Gasteiger partial charge on any atom is -0.454 e. The number of rotatable bonds is 0. The predicted molar refractivity (Wildman–Crippen MR) is 73.8 cm³/mol. The number of furan rings is 1. The summed E-state index contributed by atoms with van der Waals surface area (Å²) in [4.78, 5) is 0. The zero-order valence-corrected chi connectivity index (χ0v) is 10.2. The van der Waals surface area contributed by atoms with Crippen LogP contribution in [-0.4, -0.2) is 0 Å². The van der Waals surface area contributed by atoms with E-state index in [1.165, 1.54) is 25.7 Å². The van der Waals surface area contributed by atoms with Crippen LogP contribution >= 0.6 is 11.3 Å². The van der Waals surface area contributed by atoms with Gasteiger partial charge in [-0.25, -0.2) is 0 Å². The summed E-state index contributed by atoms with van der Waals surface area (Å²) in [6.07, 6.45) is 0. The van der Waals surface area contributed by atoms with Crippen molar-refractivity contribution in [1.29, 1.82) is 0 Å². The molecule has 0 aliphatic carbocycles. The maximum absolute atomic E-state index is 6.00. The van der Waals surface area contributed by atoms with Gasteiger partial charge in [-0.3, -0.25) is 0 Å². The highest BCUT2D eigenvalue weighted by Crippen LogP contribution is 2.40. The van der Waals surface area contributed by atoms with E-state index in [0.29, 0.717) is 0 Å². The molecule has 0 radical (unpaired) electrons. The van der Waals surface area contributed by atoms with Gasteiger partial charge in [0.2, 0.25) is 0 Å². The molecule has 0 amide bonds. The van der Waals surface area contributed by atoms with E-state index in [1.54, 1.807) is 0 Å². The van der Waals surface area contributed by atoms with E-state index < -0.39 is 0 Å². The molecule has 0 fully saturated rings. The minimum atomic E-state index is 0.997. The molecule has 0 aliphatic heterocycles. The first-order valence-electron chi connectivity index (χ1n) is 5.63. The molecular weight excluding hydrogens is 228 g/mol. The van der Waals surface area contributed by atoms with Crippen molar-refractivity contribution in [3.05, 3.63) is 48.0 Å². The lowest BCUT2D eigenvalue weighted by Gasteiger charge is -1.91. The lowest BCUT2D eigenvalue weighted by atomic mass is 10.2. The van der Waals surface area contributed by atoms with Crippen molar-refractivity contribution in [2.75, 3.05) is 0 Å². The quantitative estimate of drug-likeness (QED) is 0.415. The van der Waals surface area contributed by atoms with Crippen LogP contribution in [0.1, 0.15) is 5.56 Å². The molecule has 17 heavy (non-hydrogen) atoms. The third-order valence-electron chi connectivity index (χ3n) is 3.14. The summed E-state index contributed by atoms with van der Waals surface area (Å²) in [6.45, 7) is 2.09. The van der Waals surface area contributed by atoms with Crippen LogP contribution in [-0.2, 0) is 0 Å². The first-order valence-corrected chi connectivity index (χ1v) is 6.45. The fourth-order valence-corrected chi connectivity index (χ4v) is 3.47. The normalized spacial score (nSPS) is 11.8. The maximum Gasteiger partial charge on any atom is 0.154 e.